The Balaban J connectivity index is 1.56. The minimum atomic E-state index is -0.0769. The van der Waals surface area contributed by atoms with E-state index in [0.717, 1.165) is 47.9 Å². The van der Waals surface area contributed by atoms with Crippen molar-refractivity contribution in [2.24, 2.45) is 0 Å². The third-order valence-corrected chi connectivity index (χ3v) is 5.29. The number of carbonyl (C=O) groups is 1. The quantitative estimate of drug-likeness (QED) is 0.634. The van der Waals surface area contributed by atoms with E-state index in [2.05, 4.69) is 11.2 Å². The summed E-state index contributed by atoms with van der Waals surface area (Å²) in [4.78, 5) is 12.6. The Hall–Kier alpha value is -2.68. The maximum absolute atomic E-state index is 12.6. The number of Topliss-reactive ketones (excluding diaryl/α,β-unsaturated/α-hetero) is 1. The van der Waals surface area contributed by atoms with Gasteiger partial charge in [0.2, 0.25) is 0 Å². The molecule has 4 rings (SSSR count). The number of benzene rings is 2. The predicted molar refractivity (Wildman–Crippen MR) is 107 cm³/mol. The first-order chi connectivity index (χ1) is 13.6. The van der Waals surface area contributed by atoms with Crippen LogP contribution in [0.3, 0.4) is 0 Å². The third-order valence-electron chi connectivity index (χ3n) is 5.07. The molecule has 2 aromatic carbocycles. The highest BCUT2D eigenvalue weighted by Gasteiger charge is 2.20. The average Bonchev–Trinajstić information content (AvgIpc) is 3.13. The molecule has 0 spiro atoms. The van der Waals surface area contributed by atoms with E-state index in [1.807, 2.05) is 28.9 Å². The van der Waals surface area contributed by atoms with Gasteiger partial charge in [-0.15, -0.1) is 0 Å². The molecule has 1 aliphatic heterocycles. The van der Waals surface area contributed by atoms with Crippen molar-refractivity contribution in [3.8, 4) is 6.07 Å². The van der Waals surface area contributed by atoms with E-state index in [1.54, 1.807) is 18.3 Å². The molecule has 3 aromatic rings. The normalized spacial score (nSPS) is 16.8. The number of ether oxygens (including phenoxy) is 1. The number of rotatable bonds is 5. The molecule has 1 aliphatic rings. The van der Waals surface area contributed by atoms with Gasteiger partial charge in [0.25, 0.3) is 0 Å². The van der Waals surface area contributed by atoms with Gasteiger partial charge in [-0.1, -0.05) is 23.7 Å². The first-order valence-electron chi connectivity index (χ1n) is 9.42. The lowest BCUT2D eigenvalue weighted by Crippen LogP contribution is -2.19. The minimum absolute atomic E-state index is 0.0769. The smallest absolute Gasteiger partial charge is 0.150 e. The van der Waals surface area contributed by atoms with Crippen LogP contribution in [0.15, 0.2) is 42.6 Å². The van der Waals surface area contributed by atoms with Crippen molar-refractivity contribution in [1.82, 2.24) is 9.78 Å². The molecular formula is C22H20ClN3O2. The van der Waals surface area contributed by atoms with Crippen LogP contribution in [-0.4, -0.2) is 22.2 Å². The summed E-state index contributed by atoms with van der Waals surface area (Å²) in [5.41, 5.74) is 3.27. The average molecular weight is 394 g/mol. The van der Waals surface area contributed by atoms with Crippen LogP contribution >= 0.6 is 11.6 Å². The SMILES string of the molecule is N#Cc1ccc(CC(=O)Cc2cc(Cl)cc3c2cnn3C2CCCCO2)cc1. The largest absolute Gasteiger partial charge is 0.356 e. The highest BCUT2D eigenvalue weighted by Crippen LogP contribution is 2.30. The molecule has 1 atom stereocenters. The van der Waals surface area contributed by atoms with E-state index in [9.17, 15) is 4.79 Å². The molecule has 6 heteroatoms. The summed E-state index contributed by atoms with van der Waals surface area (Å²) < 4.78 is 7.74. The van der Waals surface area contributed by atoms with E-state index in [-0.39, 0.29) is 18.4 Å². The number of hydrogen-bond acceptors (Lipinski definition) is 4. The van der Waals surface area contributed by atoms with Crippen LogP contribution in [0.5, 0.6) is 0 Å². The molecule has 0 N–H and O–H groups in total. The summed E-state index contributed by atoms with van der Waals surface area (Å²) in [5, 5.41) is 14.9. The van der Waals surface area contributed by atoms with Gasteiger partial charge >= 0.3 is 0 Å². The van der Waals surface area contributed by atoms with Crippen molar-refractivity contribution in [2.45, 2.75) is 38.3 Å². The predicted octanol–water partition coefficient (Wildman–Crippen LogP) is 4.61. The van der Waals surface area contributed by atoms with Gasteiger partial charge in [-0.3, -0.25) is 4.79 Å². The van der Waals surface area contributed by atoms with E-state index >= 15 is 0 Å². The Kier molecular flexibility index (Phi) is 5.43. The molecule has 0 amide bonds. The fourth-order valence-electron chi connectivity index (χ4n) is 3.67. The Labute approximate surface area is 168 Å². The minimum Gasteiger partial charge on any atom is -0.356 e. The van der Waals surface area contributed by atoms with Crippen molar-refractivity contribution < 1.29 is 9.53 Å². The highest BCUT2D eigenvalue weighted by molar-refractivity contribution is 6.31. The van der Waals surface area contributed by atoms with E-state index in [4.69, 9.17) is 21.6 Å². The molecule has 28 heavy (non-hydrogen) atoms. The molecule has 1 fully saturated rings. The van der Waals surface area contributed by atoms with Crippen molar-refractivity contribution in [3.63, 3.8) is 0 Å². The Morgan fingerprint density at radius 2 is 2.07 bits per heavy atom. The summed E-state index contributed by atoms with van der Waals surface area (Å²) in [6, 6.07) is 12.9. The van der Waals surface area contributed by atoms with Crippen LogP contribution in [0, 0.1) is 11.3 Å². The number of nitrogens with zero attached hydrogens (tertiary/aromatic N) is 3. The van der Waals surface area contributed by atoms with Crippen LogP contribution in [0.4, 0.5) is 0 Å². The number of aromatic nitrogens is 2. The molecule has 142 valence electrons. The number of halogens is 1. The highest BCUT2D eigenvalue weighted by atomic mass is 35.5. The van der Waals surface area contributed by atoms with Crippen molar-refractivity contribution in [2.75, 3.05) is 6.61 Å². The molecule has 5 nitrogen and oxygen atoms in total. The van der Waals surface area contributed by atoms with Crippen LogP contribution in [-0.2, 0) is 22.4 Å². The van der Waals surface area contributed by atoms with Gasteiger partial charge in [-0.2, -0.15) is 10.4 Å². The standard InChI is InChI=1S/C22H20ClN3O2/c23-18-10-17(11-19(27)9-15-4-6-16(13-24)7-5-15)20-14-25-26(21(20)12-18)22-3-1-2-8-28-22/h4-7,10,12,14,22H,1-3,8-9,11H2. The molecule has 0 radical (unpaired) electrons. The van der Waals surface area contributed by atoms with Crippen molar-refractivity contribution >= 4 is 28.3 Å². The summed E-state index contributed by atoms with van der Waals surface area (Å²) in [7, 11) is 0. The molecule has 0 saturated carbocycles. The number of carbonyl (C=O) groups excluding carboxylic acids is 1. The number of fused-ring (bicyclic) bond motifs is 1. The van der Waals surface area contributed by atoms with Gasteiger partial charge in [0, 0.05) is 29.9 Å². The van der Waals surface area contributed by atoms with Gasteiger partial charge in [0.1, 0.15) is 5.78 Å². The number of nitriles is 1. The maximum Gasteiger partial charge on any atom is 0.150 e. The van der Waals surface area contributed by atoms with Crippen molar-refractivity contribution in [3.05, 3.63) is 64.3 Å². The fourth-order valence-corrected chi connectivity index (χ4v) is 3.91. The lowest BCUT2D eigenvalue weighted by Gasteiger charge is -2.23. The Bertz CT molecular complexity index is 1040. The van der Waals surface area contributed by atoms with Gasteiger partial charge in [-0.25, -0.2) is 4.68 Å². The van der Waals surface area contributed by atoms with Crippen LogP contribution < -0.4 is 0 Å². The molecule has 1 unspecified atom stereocenters. The Morgan fingerprint density at radius 1 is 1.25 bits per heavy atom. The second-order valence-electron chi connectivity index (χ2n) is 7.11. The topological polar surface area (TPSA) is 67.9 Å². The van der Waals surface area contributed by atoms with Gasteiger partial charge < -0.3 is 4.74 Å². The van der Waals surface area contributed by atoms with Gasteiger partial charge in [0.05, 0.1) is 23.3 Å². The van der Waals surface area contributed by atoms with Crippen LogP contribution in [0.2, 0.25) is 5.02 Å². The lowest BCUT2D eigenvalue weighted by molar-refractivity contribution is -0.117. The molecule has 0 aliphatic carbocycles. The van der Waals surface area contributed by atoms with Crippen molar-refractivity contribution in [1.29, 1.82) is 5.26 Å². The first kappa shape index (κ1) is 18.7. The zero-order valence-corrected chi connectivity index (χ0v) is 16.2. The summed E-state index contributed by atoms with van der Waals surface area (Å²) in [6.07, 6.45) is 5.44. The summed E-state index contributed by atoms with van der Waals surface area (Å²) in [6.45, 7) is 0.739. The summed E-state index contributed by atoms with van der Waals surface area (Å²) in [5.74, 6) is 0.0925. The first-order valence-corrected chi connectivity index (χ1v) is 9.80. The molecule has 2 heterocycles. The van der Waals surface area contributed by atoms with E-state index < -0.39 is 0 Å². The zero-order valence-electron chi connectivity index (χ0n) is 15.4. The molecule has 0 bridgehead atoms. The lowest BCUT2D eigenvalue weighted by atomic mass is 10.00. The number of hydrogen-bond donors (Lipinski definition) is 0. The second kappa shape index (κ2) is 8.14. The van der Waals surface area contributed by atoms with Gasteiger partial charge in [-0.05, 0) is 54.7 Å². The van der Waals surface area contributed by atoms with Crippen LogP contribution in [0.1, 0.15) is 42.2 Å². The molecule has 1 aromatic heterocycles. The fraction of sp³-hybridized carbons (Fsp3) is 0.318. The molecule has 1 saturated heterocycles. The monoisotopic (exact) mass is 393 g/mol. The summed E-state index contributed by atoms with van der Waals surface area (Å²) >= 11 is 6.34. The Morgan fingerprint density at radius 3 is 2.79 bits per heavy atom. The zero-order chi connectivity index (χ0) is 19.5. The molecular weight excluding hydrogens is 374 g/mol. The number of ketones is 1. The second-order valence-corrected chi connectivity index (χ2v) is 7.55. The van der Waals surface area contributed by atoms with E-state index in [0.29, 0.717) is 17.0 Å². The van der Waals surface area contributed by atoms with Gasteiger partial charge in [0.15, 0.2) is 6.23 Å². The van der Waals surface area contributed by atoms with Crippen LogP contribution in [0.25, 0.3) is 10.9 Å². The van der Waals surface area contributed by atoms with E-state index in [1.165, 1.54) is 0 Å². The maximum atomic E-state index is 12.6. The third kappa shape index (κ3) is 3.94.